The molecule has 2 aliphatic rings. The summed E-state index contributed by atoms with van der Waals surface area (Å²) in [6.45, 7) is 2.45. The van der Waals surface area contributed by atoms with E-state index in [0.717, 1.165) is 38.9 Å². The van der Waals surface area contributed by atoms with Gasteiger partial charge in [-0.3, -0.25) is 4.79 Å². The molecule has 80 valence electrons. The van der Waals surface area contributed by atoms with Crippen LogP contribution in [-0.2, 0) is 4.79 Å². The Morgan fingerprint density at radius 2 is 2.21 bits per heavy atom. The zero-order chi connectivity index (χ0) is 9.97. The van der Waals surface area contributed by atoms with Gasteiger partial charge < -0.3 is 15.3 Å². The van der Waals surface area contributed by atoms with E-state index in [2.05, 4.69) is 10.2 Å². The molecule has 1 amide bonds. The number of aliphatic hydroxyl groups is 1. The molecule has 1 saturated heterocycles. The van der Waals surface area contributed by atoms with Gasteiger partial charge in [0.1, 0.15) is 0 Å². The summed E-state index contributed by atoms with van der Waals surface area (Å²) in [6.07, 6.45) is 3.54. The number of amides is 1. The molecular formula is C10H18N2O2. The van der Waals surface area contributed by atoms with Crippen molar-refractivity contribution in [2.45, 2.75) is 37.8 Å². The van der Waals surface area contributed by atoms with Crippen molar-refractivity contribution in [1.82, 2.24) is 10.2 Å². The summed E-state index contributed by atoms with van der Waals surface area (Å²) in [6, 6.07) is 0.465. The minimum absolute atomic E-state index is 0.161. The van der Waals surface area contributed by atoms with E-state index in [9.17, 15) is 9.90 Å². The lowest BCUT2D eigenvalue weighted by Crippen LogP contribution is -2.31. The first-order chi connectivity index (χ1) is 6.74. The highest BCUT2D eigenvalue weighted by molar-refractivity contribution is 5.76. The molecule has 2 fully saturated rings. The maximum absolute atomic E-state index is 11.3. The molecule has 2 N–H and O–H groups in total. The van der Waals surface area contributed by atoms with E-state index in [1.807, 2.05) is 0 Å². The van der Waals surface area contributed by atoms with Gasteiger partial charge in [-0.1, -0.05) is 0 Å². The quantitative estimate of drug-likeness (QED) is 0.653. The van der Waals surface area contributed by atoms with E-state index in [1.54, 1.807) is 0 Å². The van der Waals surface area contributed by atoms with Crippen LogP contribution in [-0.4, -0.2) is 47.7 Å². The van der Waals surface area contributed by atoms with E-state index in [1.165, 1.54) is 0 Å². The molecule has 0 aromatic rings. The lowest BCUT2D eigenvalue weighted by atomic mass is 10.3. The molecule has 1 atom stereocenters. The zero-order valence-corrected chi connectivity index (χ0v) is 8.41. The van der Waals surface area contributed by atoms with E-state index < -0.39 is 0 Å². The minimum Gasteiger partial charge on any atom is -0.392 e. The summed E-state index contributed by atoms with van der Waals surface area (Å²) in [5.41, 5.74) is 0. The second-order valence-electron chi connectivity index (χ2n) is 4.33. The smallest absolute Gasteiger partial charge is 0.221 e. The third kappa shape index (κ3) is 2.96. The Hall–Kier alpha value is -0.610. The molecule has 0 bridgehead atoms. The van der Waals surface area contributed by atoms with Crippen molar-refractivity contribution in [1.29, 1.82) is 0 Å². The van der Waals surface area contributed by atoms with E-state index in [4.69, 9.17) is 0 Å². The topological polar surface area (TPSA) is 52.6 Å². The number of nitrogens with one attached hydrogen (secondary N) is 1. The van der Waals surface area contributed by atoms with Gasteiger partial charge in [0.25, 0.3) is 0 Å². The molecule has 14 heavy (non-hydrogen) atoms. The first-order valence-electron chi connectivity index (χ1n) is 5.44. The Bertz CT molecular complexity index is 216. The highest BCUT2D eigenvalue weighted by Crippen LogP contribution is 2.18. The van der Waals surface area contributed by atoms with Gasteiger partial charge in [0.2, 0.25) is 5.91 Å². The SMILES string of the molecule is O=C(CCN1CC[C@@H](O)C1)NC1CC1. The van der Waals surface area contributed by atoms with Crippen molar-refractivity contribution in [3.05, 3.63) is 0 Å². The highest BCUT2D eigenvalue weighted by atomic mass is 16.3. The van der Waals surface area contributed by atoms with Gasteiger partial charge in [0.05, 0.1) is 6.10 Å². The summed E-state index contributed by atoms with van der Waals surface area (Å²) < 4.78 is 0. The third-order valence-electron chi connectivity index (χ3n) is 2.85. The maximum atomic E-state index is 11.3. The van der Waals surface area contributed by atoms with Gasteiger partial charge in [-0.25, -0.2) is 0 Å². The molecular weight excluding hydrogens is 180 g/mol. The van der Waals surface area contributed by atoms with Gasteiger partial charge in [-0.15, -0.1) is 0 Å². The van der Waals surface area contributed by atoms with Crippen LogP contribution in [0.2, 0.25) is 0 Å². The molecule has 0 aromatic heterocycles. The number of carbonyl (C=O) groups excluding carboxylic acids is 1. The van der Waals surface area contributed by atoms with Crippen molar-refractivity contribution in [2.24, 2.45) is 0 Å². The largest absolute Gasteiger partial charge is 0.392 e. The molecule has 2 rings (SSSR count). The number of carbonyl (C=O) groups is 1. The van der Waals surface area contributed by atoms with Crippen LogP contribution in [0.3, 0.4) is 0 Å². The first kappa shape index (κ1) is 9.93. The fourth-order valence-corrected chi connectivity index (χ4v) is 1.80. The van der Waals surface area contributed by atoms with Crippen LogP contribution < -0.4 is 5.32 Å². The number of rotatable bonds is 4. The molecule has 0 unspecified atom stereocenters. The fourth-order valence-electron chi connectivity index (χ4n) is 1.80. The van der Waals surface area contributed by atoms with Gasteiger partial charge in [0.15, 0.2) is 0 Å². The average molecular weight is 198 g/mol. The van der Waals surface area contributed by atoms with Gasteiger partial charge >= 0.3 is 0 Å². The summed E-state index contributed by atoms with van der Waals surface area (Å²) in [7, 11) is 0. The van der Waals surface area contributed by atoms with Crippen molar-refractivity contribution >= 4 is 5.91 Å². The number of β-amino-alcohol motifs (C(OH)–C–C–N with tert-alkyl or cyclic N) is 1. The van der Waals surface area contributed by atoms with Crippen LogP contribution in [0.4, 0.5) is 0 Å². The van der Waals surface area contributed by atoms with Gasteiger partial charge in [0, 0.05) is 32.1 Å². The summed E-state index contributed by atoms with van der Waals surface area (Å²) in [5.74, 6) is 0.161. The van der Waals surface area contributed by atoms with Crippen LogP contribution >= 0.6 is 0 Å². The van der Waals surface area contributed by atoms with Crippen molar-refractivity contribution in [2.75, 3.05) is 19.6 Å². The number of hydrogen-bond acceptors (Lipinski definition) is 3. The predicted molar refractivity (Wildman–Crippen MR) is 52.8 cm³/mol. The van der Waals surface area contributed by atoms with E-state index in [0.29, 0.717) is 12.5 Å². The fraction of sp³-hybridized carbons (Fsp3) is 0.900. The molecule has 0 spiro atoms. The average Bonchev–Trinajstić information content (AvgIpc) is 2.85. The summed E-state index contributed by atoms with van der Waals surface area (Å²) >= 11 is 0. The summed E-state index contributed by atoms with van der Waals surface area (Å²) in [5, 5.41) is 12.2. The Balaban J connectivity index is 1.59. The summed E-state index contributed by atoms with van der Waals surface area (Å²) in [4.78, 5) is 13.5. The van der Waals surface area contributed by atoms with E-state index in [-0.39, 0.29) is 12.0 Å². The van der Waals surface area contributed by atoms with Crippen LogP contribution in [0, 0.1) is 0 Å². The molecule has 4 nitrogen and oxygen atoms in total. The van der Waals surface area contributed by atoms with Crippen molar-refractivity contribution < 1.29 is 9.90 Å². The number of aliphatic hydroxyl groups excluding tert-OH is 1. The van der Waals surface area contributed by atoms with Gasteiger partial charge in [-0.2, -0.15) is 0 Å². The van der Waals surface area contributed by atoms with Crippen LogP contribution in [0.15, 0.2) is 0 Å². The second kappa shape index (κ2) is 4.28. The normalized spacial score (nSPS) is 27.9. The number of nitrogens with zero attached hydrogens (tertiary/aromatic N) is 1. The van der Waals surface area contributed by atoms with Crippen molar-refractivity contribution in [3.63, 3.8) is 0 Å². The van der Waals surface area contributed by atoms with Crippen molar-refractivity contribution in [3.8, 4) is 0 Å². The highest BCUT2D eigenvalue weighted by Gasteiger charge is 2.24. The third-order valence-corrected chi connectivity index (χ3v) is 2.85. The molecule has 1 aliphatic carbocycles. The number of likely N-dealkylation sites (tertiary alicyclic amines) is 1. The molecule has 1 aliphatic heterocycles. The standard InChI is InChI=1S/C10H18N2O2/c13-9-3-5-12(7-9)6-4-10(14)11-8-1-2-8/h8-9,13H,1-7H2,(H,11,14)/t9-/m1/s1. The molecule has 0 aromatic carbocycles. The Labute approximate surface area is 84.3 Å². The van der Waals surface area contributed by atoms with Gasteiger partial charge in [-0.05, 0) is 19.3 Å². The molecule has 4 heteroatoms. The Kier molecular flexibility index (Phi) is 3.03. The zero-order valence-electron chi connectivity index (χ0n) is 8.41. The lowest BCUT2D eigenvalue weighted by molar-refractivity contribution is -0.121. The maximum Gasteiger partial charge on any atom is 0.221 e. The number of hydrogen-bond donors (Lipinski definition) is 2. The van der Waals surface area contributed by atoms with E-state index >= 15 is 0 Å². The molecule has 1 heterocycles. The molecule has 1 saturated carbocycles. The lowest BCUT2D eigenvalue weighted by Gasteiger charge is -2.14. The predicted octanol–water partition coefficient (Wildman–Crippen LogP) is -0.278. The minimum atomic E-state index is -0.179. The van der Waals surface area contributed by atoms with Crippen LogP contribution in [0.5, 0.6) is 0 Å². The molecule has 0 radical (unpaired) electrons. The Morgan fingerprint density at radius 1 is 1.43 bits per heavy atom. The first-order valence-corrected chi connectivity index (χ1v) is 5.44. The van der Waals surface area contributed by atoms with Crippen LogP contribution in [0.25, 0.3) is 0 Å². The monoisotopic (exact) mass is 198 g/mol. The van der Waals surface area contributed by atoms with Crippen LogP contribution in [0.1, 0.15) is 25.7 Å². The second-order valence-corrected chi connectivity index (χ2v) is 4.33. The Morgan fingerprint density at radius 3 is 2.79 bits per heavy atom.